The summed E-state index contributed by atoms with van der Waals surface area (Å²) in [7, 11) is -3.18. The van der Waals surface area contributed by atoms with E-state index in [0.717, 1.165) is 6.26 Å². The number of aromatic nitrogens is 2. The molecule has 0 aliphatic heterocycles. The lowest BCUT2D eigenvalue weighted by molar-refractivity contribution is 0.0665. The highest BCUT2D eigenvalue weighted by atomic mass is 32.2. The minimum atomic E-state index is -3.18. The zero-order valence-electron chi connectivity index (χ0n) is 10.1. The molecule has 0 spiro atoms. The first-order valence-corrected chi connectivity index (χ1v) is 7.21. The van der Waals surface area contributed by atoms with Crippen LogP contribution in [0.15, 0.2) is 4.52 Å². The molecule has 1 heterocycles. The van der Waals surface area contributed by atoms with Crippen LogP contribution >= 0.6 is 0 Å². The number of hydrogen-bond acceptors (Lipinski definition) is 7. The Kier molecular flexibility index (Phi) is 4.61. The molecule has 17 heavy (non-hydrogen) atoms. The molecule has 2 N–H and O–H groups in total. The first-order chi connectivity index (χ1) is 7.78. The van der Waals surface area contributed by atoms with Crippen molar-refractivity contribution in [1.82, 2.24) is 10.1 Å². The van der Waals surface area contributed by atoms with Crippen LogP contribution < -0.4 is 5.73 Å². The molecule has 1 unspecified atom stereocenters. The molecule has 0 aliphatic rings. The number of ether oxygens (including phenoxy) is 1. The highest BCUT2D eigenvalue weighted by Crippen LogP contribution is 2.09. The Morgan fingerprint density at radius 1 is 1.47 bits per heavy atom. The van der Waals surface area contributed by atoms with Gasteiger partial charge >= 0.3 is 0 Å². The monoisotopic (exact) mass is 263 g/mol. The van der Waals surface area contributed by atoms with Crippen molar-refractivity contribution in [3.63, 3.8) is 0 Å². The van der Waals surface area contributed by atoms with E-state index in [1.807, 2.05) is 13.8 Å². The Hall–Kier alpha value is -0.990. The molecule has 1 aromatic rings. The molecule has 1 rings (SSSR count). The number of hydrogen-bond donors (Lipinski definition) is 1. The molecule has 0 saturated carbocycles. The van der Waals surface area contributed by atoms with Gasteiger partial charge in [-0.2, -0.15) is 4.98 Å². The van der Waals surface area contributed by atoms with Crippen molar-refractivity contribution in [2.45, 2.75) is 31.7 Å². The molecular weight excluding hydrogens is 246 g/mol. The molecule has 8 heteroatoms. The van der Waals surface area contributed by atoms with Gasteiger partial charge in [0.05, 0.1) is 18.8 Å². The van der Waals surface area contributed by atoms with E-state index in [-0.39, 0.29) is 30.2 Å². The third-order valence-corrected chi connectivity index (χ3v) is 2.58. The Morgan fingerprint density at radius 2 is 2.12 bits per heavy atom. The van der Waals surface area contributed by atoms with E-state index in [2.05, 4.69) is 10.1 Å². The van der Waals surface area contributed by atoms with Gasteiger partial charge in [-0.3, -0.25) is 0 Å². The molecule has 1 aromatic heterocycles. The van der Waals surface area contributed by atoms with Crippen LogP contribution in [-0.4, -0.2) is 37.5 Å². The molecule has 0 bridgehead atoms. The highest BCUT2D eigenvalue weighted by molar-refractivity contribution is 7.89. The topological polar surface area (TPSA) is 108 Å². The average molecular weight is 263 g/mol. The number of nitrogens with two attached hydrogens (primary N) is 1. The summed E-state index contributed by atoms with van der Waals surface area (Å²) in [4.78, 5) is 3.91. The van der Waals surface area contributed by atoms with Crippen molar-refractivity contribution in [3.8, 4) is 0 Å². The van der Waals surface area contributed by atoms with E-state index in [9.17, 15) is 8.42 Å². The van der Waals surface area contributed by atoms with Gasteiger partial charge in [0.15, 0.2) is 15.7 Å². The van der Waals surface area contributed by atoms with Crippen LogP contribution in [0, 0.1) is 0 Å². The van der Waals surface area contributed by atoms with Crippen molar-refractivity contribution in [2.75, 3.05) is 12.9 Å². The summed E-state index contributed by atoms with van der Waals surface area (Å²) in [6.07, 6.45) is 1.15. The van der Waals surface area contributed by atoms with Crippen molar-refractivity contribution in [3.05, 3.63) is 11.7 Å². The zero-order valence-corrected chi connectivity index (χ0v) is 10.9. The molecule has 0 fully saturated rings. The van der Waals surface area contributed by atoms with Crippen molar-refractivity contribution < 1.29 is 17.7 Å². The van der Waals surface area contributed by atoms with Gasteiger partial charge < -0.3 is 15.0 Å². The van der Waals surface area contributed by atoms with E-state index in [0.29, 0.717) is 0 Å². The second kappa shape index (κ2) is 5.56. The molecule has 0 amide bonds. The SMILES string of the molecule is CC(C)OCC(N)c1noc(CS(C)(=O)=O)n1. The van der Waals surface area contributed by atoms with E-state index in [1.165, 1.54) is 0 Å². The Bertz CT molecular complexity index is 455. The second-order valence-electron chi connectivity index (χ2n) is 4.10. The summed E-state index contributed by atoms with van der Waals surface area (Å²) in [5.41, 5.74) is 5.76. The predicted octanol–water partition coefficient (Wildman–Crippen LogP) is 0.0390. The van der Waals surface area contributed by atoms with Gasteiger partial charge in [-0.25, -0.2) is 8.42 Å². The van der Waals surface area contributed by atoms with Crippen LogP contribution in [0.1, 0.15) is 31.6 Å². The number of sulfone groups is 1. The molecule has 0 radical (unpaired) electrons. The molecule has 0 aliphatic carbocycles. The summed E-state index contributed by atoms with van der Waals surface area (Å²) in [5, 5.41) is 3.62. The fourth-order valence-electron chi connectivity index (χ4n) is 1.07. The molecule has 0 saturated heterocycles. The quantitative estimate of drug-likeness (QED) is 0.771. The van der Waals surface area contributed by atoms with E-state index >= 15 is 0 Å². The van der Waals surface area contributed by atoms with Gasteiger partial charge in [-0.15, -0.1) is 0 Å². The summed E-state index contributed by atoms with van der Waals surface area (Å²) in [5.74, 6) is 0.0180. The predicted molar refractivity (Wildman–Crippen MR) is 60.9 cm³/mol. The molecule has 98 valence electrons. The standard InChI is InChI=1S/C9H17N3O4S/c1-6(2)15-4-7(10)9-11-8(16-12-9)5-17(3,13)14/h6-7H,4-5,10H2,1-3H3. The van der Waals surface area contributed by atoms with Gasteiger partial charge in [0, 0.05) is 6.26 Å². The number of rotatable bonds is 6. The maximum Gasteiger partial charge on any atom is 0.241 e. The second-order valence-corrected chi connectivity index (χ2v) is 6.25. The smallest absolute Gasteiger partial charge is 0.241 e. The van der Waals surface area contributed by atoms with Crippen LogP contribution in [0.5, 0.6) is 0 Å². The number of nitrogens with zero attached hydrogens (tertiary/aromatic N) is 2. The van der Waals surface area contributed by atoms with E-state index in [4.69, 9.17) is 15.0 Å². The van der Waals surface area contributed by atoms with Crippen LogP contribution in [0.2, 0.25) is 0 Å². The summed E-state index contributed by atoms with van der Waals surface area (Å²) < 4.78 is 32.1. The van der Waals surface area contributed by atoms with Gasteiger partial charge in [0.2, 0.25) is 5.89 Å². The van der Waals surface area contributed by atoms with Crippen LogP contribution in [0.25, 0.3) is 0 Å². The van der Waals surface area contributed by atoms with E-state index < -0.39 is 15.9 Å². The first kappa shape index (κ1) is 14.1. The summed E-state index contributed by atoms with van der Waals surface area (Å²) in [6.45, 7) is 4.03. The Labute approximate surface area is 100 Å². The maximum absolute atomic E-state index is 11.0. The molecular formula is C9H17N3O4S. The fraction of sp³-hybridized carbons (Fsp3) is 0.778. The lowest BCUT2D eigenvalue weighted by Gasteiger charge is -2.10. The van der Waals surface area contributed by atoms with Crippen molar-refractivity contribution in [2.24, 2.45) is 5.73 Å². The average Bonchev–Trinajstić information content (AvgIpc) is 2.59. The largest absolute Gasteiger partial charge is 0.377 e. The summed E-state index contributed by atoms with van der Waals surface area (Å²) >= 11 is 0. The zero-order chi connectivity index (χ0) is 13.1. The minimum Gasteiger partial charge on any atom is -0.377 e. The van der Waals surface area contributed by atoms with Crippen molar-refractivity contribution in [1.29, 1.82) is 0 Å². The first-order valence-electron chi connectivity index (χ1n) is 5.15. The van der Waals surface area contributed by atoms with Crippen molar-refractivity contribution >= 4 is 9.84 Å². The lowest BCUT2D eigenvalue weighted by atomic mass is 10.3. The van der Waals surface area contributed by atoms with E-state index in [1.54, 1.807) is 0 Å². The fourth-order valence-corrected chi connectivity index (χ4v) is 1.64. The summed E-state index contributed by atoms with van der Waals surface area (Å²) in [6, 6.07) is -0.519. The third kappa shape index (κ3) is 5.24. The third-order valence-electron chi connectivity index (χ3n) is 1.81. The van der Waals surface area contributed by atoms with Crippen LogP contribution in [0.3, 0.4) is 0 Å². The minimum absolute atomic E-state index is 0.0440. The maximum atomic E-state index is 11.0. The molecule has 7 nitrogen and oxygen atoms in total. The van der Waals surface area contributed by atoms with Gasteiger partial charge in [-0.1, -0.05) is 5.16 Å². The normalized spacial score (nSPS) is 14.2. The van der Waals surface area contributed by atoms with Crippen LogP contribution in [0.4, 0.5) is 0 Å². The van der Waals surface area contributed by atoms with Gasteiger partial charge in [0.1, 0.15) is 5.75 Å². The molecule has 1 atom stereocenters. The van der Waals surface area contributed by atoms with Gasteiger partial charge in [0.25, 0.3) is 0 Å². The van der Waals surface area contributed by atoms with Gasteiger partial charge in [-0.05, 0) is 13.8 Å². The molecule has 0 aromatic carbocycles. The Morgan fingerprint density at radius 3 is 2.65 bits per heavy atom. The van der Waals surface area contributed by atoms with Crippen LogP contribution in [-0.2, 0) is 20.3 Å². The lowest BCUT2D eigenvalue weighted by Crippen LogP contribution is -2.20. The Balaban J connectivity index is 2.61. The highest BCUT2D eigenvalue weighted by Gasteiger charge is 2.17.